The van der Waals surface area contributed by atoms with Gasteiger partial charge in [0.05, 0.1) is 0 Å². The first-order valence-corrected chi connectivity index (χ1v) is 5.34. The minimum Gasteiger partial charge on any atom is -0.330 e. The van der Waals surface area contributed by atoms with Gasteiger partial charge in [0.25, 0.3) is 0 Å². The van der Waals surface area contributed by atoms with Crippen LogP contribution in [0.5, 0.6) is 0 Å². The zero-order valence-corrected chi connectivity index (χ0v) is 8.99. The van der Waals surface area contributed by atoms with Crippen molar-refractivity contribution in [2.24, 2.45) is 22.9 Å². The van der Waals surface area contributed by atoms with Crippen molar-refractivity contribution in [1.29, 1.82) is 0 Å². The van der Waals surface area contributed by atoms with Gasteiger partial charge in [-0.25, -0.2) is 0 Å². The van der Waals surface area contributed by atoms with E-state index in [1.807, 2.05) is 0 Å². The van der Waals surface area contributed by atoms with Crippen LogP contribution in [0, 0.1) is 0 Å². The van der Waals surface area contributed by atoms with Crippen molar-refractivity contribution in [2.75, 3.05) is 39.3 Å². The van der Waals surface area contributed by atoms with Crippen molar-refractivity contribution >= 4 is 0 Å². The molecule has 8 N–H and O–H groups in total. The summed E-state index contributed by atoms with van der Waals surface area (Å²) in [5.41, 5.74) is 22.2. The molecule has 0 saturated heterocycles. The highest BCUT2D eigenvalue weighted by Gasteiger charge is 2.14. The molecule has 1 atom stereocenters. The summed E-state index contributed by atoms with van der Waals surface area (Å²) < 4.78 is 0. The molecule has 0 aliphatic carbocycles. The molecular weight excluding hydrogens is 178 g/mol. The van der Waals surface area contributed by atoms with Gasteiger partial charge in [0, 0.05) is 38.8 Å². The van der Waals surface area contributed by atoms with Crippen molar-refractivity contribution in [1.82, 2.24) is 4.90 Å². The van der Waals surface area contributed by atoms with E-state index in [2.05, 4.69) is 4.90 Å². The lowest BCUT2D eigenvalue weighted by Crippen LogP contribution is -2.45. The Hall–Kier alpha value is -0.200. The van der Waals surface area contributed by atoms with Gasteiger partial charge in [-0.15, -0.1) is 0 Å². The second-order valence-electron chi connectivity index (χ2n) is 3.43. The highest BCUT2D eigenvalue weighted by molar-refractivity contribution is 4.73. The molecule has 0 rings (SSSR count). The van der Waals surface area contributed by atoms with Crippen LogP contribution in [0.25, 0.3) is 0 Å². The fourth-order valence-electron chi connectivity index (χ4n) is 1.61. The lowest BCUT2D eigenvalue weighted by atomic mass is 10.1. The summed E-state index contributed by atoms with van der Waals surface area (Å²) in [6.07, 6.45) is 2.04. The van der Waals surface area contributed by atoms with E-state index in [0.29, 0.717) is 25.7 Å². The first-order valence-electron chi connectivity index (χ1n) is 5.34. The number of rotatable bonds is 9. The van der Waals surface area contributed by atoms with E-state index in [-0.39, 0.29) is 0 Å². The zero-order valence-electron chi connectivity index (χ0n) is 8.99. The Balaban J connectivity index is 3.96. The van der Waals surface area contributed by atoms with Crippen LogP contribution in [0.4, 0.5) is 0 Å². The third-order valence-corrected chi connectivity index (χ3v) is 2.36. The molecule has 0 amide bonds. The smallest absolute Gasteiger partial charge is 0.0219 e. The summed E-state index contributed by atoms with van der Waals surface area (Å²) in [6, 6.07) is 0.380. The maximum absolute atomic E-state index is 5.71. The van der Waals surface area contributed by atoms with Gasteiger partial charge in [-0.3, -0.25) is 4.90 Å². The summed E-state index contributed by atoms with van der Waals surface area (Å²) in [5.74, 6) is 0. The first kappa shape index (κ1) is 13.8. The maximum Gasteiger partial charge on any atom is 0.0219 e. The first-order chi connectivity index (χ1) is 6.79. The minimum absolute atomic E-state index is 0.380. The maximum atomic E-state index is 5.71. The Morgan fingerprint density at radius 2 is 1.43 bits per heavy atom. The summed E-state index contributed by atoms with van der Waals surface area (Å²) in [5, 5.41) is 0. The van der Waals surface area contributed by atoms with Crippen molar-refractivity contribution in [3.63, 3.8) is 0 Å². The van der Waals surface area contributed by atoms with E-state index in [0.717, 1.165) is 32.5 Å². The zero-order chi connectivity index (χ0) is 10.8. The SMILES string of the molecule is NCCCC(CN)N(CCN)CCN. The molecule has 0 aromatic rings. The highest BCUT2D eigenvalue weighted by atomic mass is 15.2. The van der Waals surface area contributed by atoms with Crippen LogP contribution in [0.2, 0.25) is 0 Å². The highest BCUT2D eigenvalue weighted by Crippen LogP contribution is 2.04. The fourth-order valence-corrected chi connectivity index (χ4v) is 1.61. The Morgan fingerprint density at radius 3 is 1.79 bits per heavy atom. The average Bonchev–Trinajstić information content (AvgIpc) is 2.19. The lowest BCUT2D eigenvalue weighted by Gasteiger charge is -2.30. The largest absolute Gasteiger partial charge is 0.330 e. The molecule has 1 unspecified atom stereocenters. The second-order valence-corrected chi connectivity index (χ2v) is 3.43. The minimum atomic E-state index is 0.380. The van der Waals surface area contributed by atoms with Crippen LogP contribution in [0.3, 0.4) is 0 Å². The number of nitrogens with two attached hydrogens (primary N) is 4. The van der Waals surface area contributed by atoms with E-state index in [4.69, 9.17) is 22.9 Å². The molecule has 0 spiro atoms. The van der Waals surface area contributed by atoms with E-state index >= 15 is 0 Å². The van der Waals surface area contributed by atoms with Gasteiger partial charge < -0.3 is 22.9 Å². The third kappa shape index (κ3) is 5.51. The molecule has 5 nitrogen and oxygen atoms in total. The topological polar surface area (TPSA) is 107 Å². The van der Waals surface area contributed by atoms with Gasteiger partial charge in [0.15, 0.2) is 0 Å². The van der Waals surface area contributed by atoms with Gasteiger partial charge in [0.2, 0.25) is 0 Å². The van der Waals surface area contributed by atoms with E-state index in [9.17, 15) is 0 Å². The molecule has 0 saturated carbocycles. The molecule has 5 heteroatoms. The van der Waals surface area contributed by atoms with E-state index in [1.54, 1.807) is 0 Å². The summed E-state index contributed by atoms with van der Waals surface area (Å²) in [6.45, 7) is 4.40. The summed E-state index contributed by atoms with van der Waals surface area (Å²) >= 11 is 0. The van der Waals surface area contributed by atoms with Crippen molar-refractivity contribution in [3.05, 3.63) is 0 Å². The van der Waals surface area contributed by atoms with Crippen molar-refractivity contribution < 1.29 is 0 Å². The Bertz CT molecular complexity index is 114. The predicted octanol–water partition coefficient (Wildman–Crippen LogP) is -1.73. The lowest BCUT2D eigenvalue weighted by molar-refractivity contribution is 0.199. The molecule has 0 heterocycles. The molecule has 0 bridgehead atoms. The second kappa shape index (κ2) is 9.36. The molecular formula is C9H25N5. The molecule has 0 aromatic carbocycles. The monoisotopic (exact) mass is 203 g/mol. The van der Waals surface area contributed by atoms with Crippen molar-refractivity contribution in [2.45, 2.75) is 18.9 Å². The molecule has 0 fully saturated rings. The quantitative estimate of drug-likeness (QED) is 0.356. The van der Waals surface area contributed by atoms with Gasteiger partial charge in [-0.2, -0.15) is 0 Å². The van der Waals surface area contributed by atoms with Crippen LogP contribution in [-0.4, -0.2) is 50.2 Å². The standard InChI is InChI=1S/C9H25N5/c10-3-1-2-9(8-13)14(6-4-11)7-5-12/h9H,1-8,10-13H2. The van der Waals surface area contributed by atoms with E-state index in [1.165, 1.54) is 0 Å². The Kier molecular flexibility index (Phi) is 9.23. The average molecular weight is 203 g/mol. The summed E-state index contributed by atoms with van der Waals surface area (Å²) in [7, 11) is 0. The Morgan fingerprint density at radius 1 is 0.857 bits per heavy atom. The van der Waals surface area contributed by atoms with Crippen LogP contribution in [-0.2, 0) is 0 Å². The van der Waals surface area contributed by atoms with Gasteiger partial charge in [0.1, 0.15) is 0 Å². The van der Waals surface area contributed by atoms with Crippen LogP contribution in [0.15, 0.2) is 0 Å². The fraction of sp³-hybridized carbons (Fsp3) is 1.00. The van der Waals surface area contributed by atoms with Gasteiger partial charge >= 0.3 is 0 Å². The van der Waals surface area contributed by atoms with Gasteiger partial charge in [-0.05, 0) is 19.4 Å². The molecule has 0 aromatic heterocycles. The number of hydrogen-bond donors (Lipinski definition) is 4. The molecule has 86 valence electrons. The van der Waals surface area contributed by atoms with E-state index < -0.39 is 0 Å². The van der Waals surface area contributed by atoms with Crippen LogP contribution >= 0.6 is 0 Å². The Labute approximate surface area is 86.8 Å². The van der Waals surface area contributed by atoms with Crippen LogP contribution < -0.4 is 22.9 Å². The molecule has 0 aliphatic rings. The molecule has 0 radical (unpaired) electrons. The molecule has 0 aliphatic heterocycles. The van der Waals surface area contributed by atoms with Gasteiger partial charge in [-0.1, -0.05) is 0 Å². The third-order valence-electron chi connectivity index (χ3n) is 2.36. The number of hydrogen-bond acceptors (Lipinski definition) is 5. The summed E-state index contributed by atoms with van der Waals surface area (Å²) in [4.78, 5) is 2.26. The normalized spacial score (nSPS) is 13.5. The van der Waals surface area contributed by atoms with Crippen molar-refractivity contribution in [3.8, 4) is 0 Å². The van der Waals surface area contributed by atoms with Crippen LogP contribution in [0.1, 0.15) is 12.8 Å². The number of nitrogens with zero attached hydrogens (tertiary/aromatic N) is 1. The predicted molar refractivity (Wildman–Crippen MR) is 60.8 cm³/mol. The molecule has 14 heavy (non-hydrogen) atoms.